The maximum atomic E-state index is 14.4. The van der Waals surface area contributed by atoms with Crippen molar-refractivity contribution in [2.45, 2.75) is 71.3 Å². The summed E-state index contributed by atoms with van der Waals surface area (Å²) >= 11 is 0. The fourth-order valence-corrected chi connectivity index (χ4v) is 5.71. The number of nitrogens with two attached hydrogens (primary N) is 1. The summed E-state index contributed by atoms with van der Waals surface area (Å²) in [6, 6.07) is 6.18. The first-order valence-electron chi connectivity index (χ1n) is 11.0. The van der Waals surface area contributed by atoms with Gasteiger partial charge in [-0.1, -0.05) is 26.0 Å². The monoisotopic (exact) mass is 435 g/mol. The molecule has 1 aromatic rings. The smallest absolute Gasteiger partial charge is 0.339 e. The summed E-state index contributed by atoms with van der Waals surface area (Å²) in [5, 5.41) is 10.2. The normalized spacial score (nSPS) is 25.6. The zero-order valence-electron chi connectivity index (χ0n) is 19.5. The van der Waals surface area contributed by atoms with Crippen molar-refractivity contribution in [3.63, 3.8) is 0 Å². The second-order valence-electron chi connectivity index (χ2n) is 9.35. The Balaban J connectivity index is 2.19. The molecule has 0 radical (unpaired) electrons. The van der Waals surface area contributed by atoms with Gasteiger partial charge in [0.1, 0.15) is 23.0 Å². The number of rotatable bonds is 3. The second-order valence-corrected chi connectivity index (χ2v) is 9.35. The number of hydrogen-bond acceptors (Lipinski definition) is 6. The van der Waals surface area contributed by atoms with Crippen LogP contribution < -0.4 is 10.6 Å². The number of nitriles is 1. The van der Waals surface area contributed by atoms with Crippen LogP contribution in [0.4, 0.5) is 5.69 Å². The van der Waals surface area contributed by atoms with Crippen molar-refractivity contribution >= 4 is 17.6 Å². The minimum atomic E-state index is -1.69. The van der Waals surface area contributed by atoms with Gasteiger partial charge in [-0.15, -0.1) is 0 Å². The molecule has 4 rings (SSSR count). The molecule has 7 nitrogen and oxygen atoms in total. The lowest BCUT2D eigenvalue weighted by Crippen LogP contribution is -2.55. The van der Waals surface area contributed by atoms with Crippen molar-refractivity contribution < 1.29 is 19.1 Å². The number of amides is 1. The highest BCUT2D eigenvalue weighted by Gasteiger charge is 2.65. The van der Waals surface area contributed by atoms with Gasteiger partial charge in [-0.2, -0.15) is 5.26 Å². The van der Waals surface area contributed by atoms with E-state index in [2.05, 4.69) is 19.1 Å². The summed E-state index contributed by atoms with van der Waals surface area (Å²) in [7, 11) is 0. The molecule has 2 N–H and O–H groups in total. The van der Waals surface area contributed by atoms with E-state index in [0.29, 0.717) is 5.56 Å². The fraction of sp³-hybridized carbons (Fsp3) is 0.480. The third-order valence-corrected chi connectivity index (χ3v) is 6.90. The topological polar surface area (TPSA) is 106 Å². The highest BCUT2D eigenvalue weighted by Crippen LogP contribution is 2.60. The van der Waals surface area contributed by atoms with Gasteiger partial charge in [0.25, 0.3) is 0 Å². The number of allylic oxidation sites excluding steroid dienone is 1. The van der Waals surface area contributed by atoms with E-state index in [1.54, 1.807) is 18.7 Å². The van der Waals surface area contributed by atoms with E-state index in [9.17, 15) is 14.9 Å². The van der Waals surface area contributed by atoms with E-state index in [-0.39, 0.29) is 41.2 Å². The molecule has 0 bridgehead atoms. The van der Waals surface area contributed by atoms with E-state index in [0.717, 1.165) is 29.7 Å². The van der Waals surface area contributed by atoms with Gasteiger partial charge in [0.05, 0.1) is 12.3 Å². The molecule has 0 fully saturated rings. The lowest BCUT2D eigenvalue weighted by molar-refractivity contribution is -0.141. The Kier molecular flexibility index (Phi) is 4.89. The summed E-state index contributed by atoms with van der Waals surface area (Å²) in [6.07, 6.45) is 1.50. The predicted octanol–water partition coefficient (Wildman–Crippen LogP) is 3.68. The highest BCUT2D eigenvalue weighted by molar-refractivity contribution is 6.20. The molecule has 1 aromatic carbocycles. The molecular weight excluding hydrogens is 406 g/mol. The lowest BCUT2D eigenvalue weighted by atomic mass is 9.67. The molecule has 1 spiro atoms. The Morgan fingerprint density at radius 1 is 1.38 bits per heavy atom. The number of carbonyl (C=O) groups is 2. The molecule has 32 heavy (non-hydrogen) atoms. The van der Waals surface area contributed by atoms with Crippen LogP contribution in [0.25, 0.3) is 0 Å². The molecule has 2 atom stereocenters. The quantitative estimate of drug-likeness (QED) is 0.726. The van der Waals surface area contributed by atoms with E-state index >= 15 is 0 Å². The highest BCUT2D eigenvalue weighted by atomic mass is 16.5. The van der Waals surface area contributed by atoms with Crippen molar-refractivity contribution in [1.29, 1.82) is 5.26 Å². The lowest BCUT2D eigenvalue weighted by Gasteiger charge is -2.44. The van der Waals surface area contributed by atoms with E-state index in [1.807, 2.05) is 26.8 Å². The minimum absolute atomic E-state index is 0.0309. The molecule has 1 amide bonds. The van der Waals surface area contributed by atoms with Gasteiger partial charge in [0.2, 0.25) is 11.8 Å². The van der Waals surface area contributed by atoms with Crippen LogP contribution in [0.5, 0.6) is 0 Å². The molecular formula is C25H29N3O4. The Morgan fingerprint density at radius 2 is 2.06 bits per heavy atom. The molecule has 3 heterocycles. The standard InChI is InChI=1S/C25H29N3O4/c1-7-15-9-16-13(3)11-24(5,6)28-20(16)17(10-15)25(23(28)30)18(12-26)21(27)32-14(4)19(25)22(29)31-8-2/h9-10,13H,7-8,11,27H2,1-6H3/t13-,25+/m0/s1. The maximum Gasteiger partial charge on any atom is 0.339 e. The predicted molar refractivity (Wildman–Crippen MR) is 119 cm³/mol. The van der Waals surface area contributed by atoms with Crippen LogP contribution in [0, 0.1) is 11.3 Å². The summed E-state index contributed by atoms with van der Waals surface area (Å²) in [4.78, 5) is 29.5. The average Bonchev–Trinajstić information content (AvgIpc) is 2.96. The SMILES string of the molecule is CCOC(=O)C1=C(C)OC(N)=C(C#N)[C@@]12C(=O)N1c3c(cc(CC)cc32)[C@@H](C)CC1(C)C. The van der Waals surface area contributed by atoms with Crippen LogP contribution in [-0.2, 0) is 30.9 Å². The molecule has 0 unspecified atom stereocenters. The number of aryl methyl sites for hydroxylation is 1. The Hall–Kier alpha value is -3.27. The van der Waals surface area contributed by atoms with Crippen LogP contribution in [-0.4, -0.2) is 24.0 Å². The number of ether oxygens (including phenoxy) is 2. The molecule has 0 aromatic heterocycles. The first kappa shape index (κ1) is 21.9. The number of fused-ring (bicyclic) bond motifs is 1. The van der Waals surface area contributed by atoms with E-state index < -0.39 is 16.9 Å². The third-order valence-electron chi connectivity index (χ3n) is 6.90. The van der Waals surface area contributed by atoms with Gasteiger partial charge in [0.15, 0.2) is 5.41 Å². The number of esters is 1. The number of nitrogens with zero attached hydrogens (tertiary/aromatic N) is 2. The average molecular weight is 436 g/mol. The molecule has 0 saturated carbocycles. The summed E-state index contributed by atoms with van der Waals surface area (Å²) in [5.41, 5.74) is 7.39. The Bertz CT molecular complexity index is 1150. The summed E-state index contributed by atoms with van der Waals surface area (Å²) < 4.78 is 11.0. The minimum Gasteiger partial charge on any atom is -0.462 e. The van der Waals surface area contributed by atoms with Gasteiger partial charge in [-0.3, -0.25) is 4.79 Å². The summed E-state index contributed by atoms with van der Waals surface area (Å²) in [6.45, 7) is 11.6. The van der Waals surface area contributed by atoms with E-state index in [1.165, 1.54) is 0 Å². The maximum absolute atomic E-state index is 14.4. The van der Waals surface area contributed by atoms with Gasteiger partial charge >= 0.3 is 5.97 Å². The first-order chi connectivity index (χ1) is 15.1. The van der Waals surface area contributed by atoms with Crippen molar-refractivity contribution in [2.24, 2.45) is 5.73 Å². The Labute approximate surface area is 188 Å². The van der Waals surface area contributed by atoms with Crippen LogP contribution in [0.3, 0.4) is 0 Å². The van der Waals surface area contributed by atoms with Gasteiger partial charge in [-0.05, 0) is 57.6 Å². The van der Waals surface area contributed by atoms with Crippen LogP contribution in [0.2, 0.25) is 0 Å². The van der Waals surface area contributed by atoms with Gasteiger partial charge < -0.3 is 20.1 Å². The zero-order chi connectivity index (χ0) is 23.6. The first-order valence-corrected chi connectivity index (χ1v) is 11.0. The zero-order valence-corrected chi connectivity index (χ0v) is 19.5. The van der Waals surface area contributed by atoms with Crippen molar-refractivity contribution in [1.82, 2.24) is 0 Å². The van der Waals surface area contributed by atoms with Crippen LogP contribution in [0.1, 0.15) is 70.6 Å². The molecule has 0 aliphatic carbocycles. The number of anilines is 1. The van der Waals surface area contributed by atoms with Gasteiger partial charge in [-0.25, -0.2) is 4.79 Å². The number of hydrogen-bond donors (Lipinski definition) is 1. The summed E-state index contributed by atoms with van der Waals surface area (Å²) in [5.74, 6) is -0.821. The molecule has 168 valence electrons. The fourth-order valence-electron chi connectivity index (χ4n) is 5.71. The molecule has 7 heteroatoms. The van der Waals surface area contributed by atoms with Crippen LogP contribution in [0.15, 0.2) is 34.9 Å². The number of carbonyl (C=O) groups excluding carboxylic acids is 2. The van der Waals surface area contributed by atoms with Crippen LogP contribution >= 0.6 is 0 Å². The molecule has 3 aliphatic rings. The third kappa shape index (κ3) is 2.59. The Morgan fingerprint density at radius 3 is 2.66 bits per heavy atom. The molecule has 3 aliphatic heterocycles. The van der Waals surface area contributed by atoms with Crippen molar-refractivity contribution in [3.05, 3.63) is 51.6 Å². The van der Waals surface area contributed by atoms with Crippen molar-refractivity contribution in [3.8, 4) is 6.07 Å². The largest absolute Gasteiger partial charge is 0.462 e. The second kappa shape index (κ2) is 7.13. The van der Waals surface area contributed by atoms with Gasteiger partial charge in [0, 0.05) is 11.1 Å². The molecule has 0 saturated heterocycles. The van der Waals surface area contributed by atoms with Crippen molar-refractivity contribution in [2.75, 3.05) is 11.5 Å². The number of benzene rings is 1. The van der Waals surface area contributed by atoms with E-state index in [4.69, 9.17) is 15.2 Å².